The fourth-order valence-corrected chi connectivity index (χ4v) is 4.08. The average molecular weight is 359 g/mol. The van der Waals surface area contributed by atoms with E-state index in [0.29, 0.717) is 22.7 Å². The highest BCUT2D eigenvalue weighted by Crippen LogP contribution is 2.29. The lowest BCUT2D eigenvalue weighted by Gasteiger charge is -2.34. The Hall–Kier alpha value is -1.89. The molecule has 1 aromatic heterocycles. The molecule has 1 fully saturated rings. The molecule has 1 aliphatic carbocycles. The summed E-state index contributed by atoms with van der Waals surface area (Å²) in [7, 11) is 0. The van der Waals surface area contributed by atoms with E-state index in [1.54, 1.807) is 4.68 Å². The van der Waals surface area contributed by atoms with Crippen molar-refractivity contribution >= 4 is 17.7 Å². The average Bonchev–Trinajstić information content (AvgIpc) is 3.06. The molecule has 1 N–H and O–H groups in total. The number of nitrogens with zero attached hydrogens (tertiary/aromatic N) is 4. The fourth-order valence-electron chi connectivity index (χ4n) is 3.39. The third-order valence-electron chi connectivity index (χ3n) is 5.17. The number of carbonyl (C=O) groups is 1. The minimum absolute atomic E-state index is 0.0512. The normalized spacial score (nSPS) is 23.4. The molecule has 1 saturated carbocycles. The molecule has 134 valence electrons. The molecule has 3 rings (SSSR count). The van der Waals surface area contributed by atoms with E-state index in [2.05, 4.69) is 34.7 Å². The molecule has 6 nitrogen and oxygen atoms in total. The van der Waals surface area contributed by atoms with Gasteiger partial charge in [-0.1, -0.05) is 56.7 Å². The number of amides is 1. The van der Waals surface area contributed by atoms with Crippen LogP contribution in [0.5, 0.6) is 0 Å². The third-order valence-corrected chi connectivity index (χ3v) is 6.09. The zero-order chi connectivity index (χ0) is 17.8. The van der Waals surface area contributed by atoms with Crippen LogP contribution in [-0.2, 0) is 4.79 Å². The molecule has 25 heavy (non-hydrogen) atoms. The van der Waals surface area contributed by atoms with Crippen LogP contribution in [0, 0.1) is 18.8 Å². The number of rotatable bonds is 5. The smallest absolute Gasteiger partial charge is 0.230 e. The quantitative estimate of drug-likeness (QED) is 0.831. The van der Waals surface area contributed by atoms with Gasteiger partial charge in [-0.05, 0) is 47.2 Å². The third kappa shape index (κ3) is 4.21. The number of aromatic nitrogens is 4. The van der Waals surface area contributed by atoms with Gasteiger partial charge in [-0.3, -0.25) is 4.79 Å². The Kier molecular flexibility index (Phi) is 5.73. The Labute approximate surface area is 152 Å². The molecule has 1 heterocycles. The number of nitrogens with one attached hydrogen (secondary N) is 1. The highest BCUT2D eigenvalue weighted by atomic mass is 32.2. The summed E-state index contributed by atoms with van der Waals surface area (Å²) in [4.78, 5) is 12.4. The van der Waals surface area contributed by atoms with E-state index >= 15 is 0 Å². The van der Waals surface area contributed by atoms with Gasteiger partial charge in [0.25, 0.3) is 0 Å². The highest BCUT2D eigenvalue weighted by Gasteiger charge is 2.28. The molecular weight excluding hydrogens is 334 g/mol. The van der Waals surface area contributed by atoms with Crippen LogP contribution in [0.25, 0.3) is 5.69 Å². The van der Waals surface area contributed by atoms with Crippen molar-refractivity contribution in [2.24, 2.45) is 11.8 Å². The van der Waals surface area contributed by atoms with E-state index in [0.717, 1.165) is 17.7 Å². The zero-order valence-electron chi connectivity index (χ0n) is 15.0. The molecule has 1 aromatic carbocycles. The van der Waals surface area contributed by atoms with Crippen molar-refractivity contribution in [2.45, 2.75) is 51.2 Å². The lowest BCUT2D eigenvalue weighted by Crippen LogP contribution is -2.44. The summed E-state index contributed by atoms with van der Waals surface area (Å²) >= 11 is 1.37. The minimum atomic E-state index is 0.0512. The Balaban J connectivity index is 1.60. The Morgan fingerprint density at radius 1 is 1.32 bits per heavy atom. The number of carbonyl (C=O) groups excluding carboxylic acids is 1. The van der Waals surface area contributed by atoms with E-state index in [1.165, 1.54) is 24.6 Å². The summed E-state index contributed by atoms with van der Waals surface area (Å²) in [5, 5.41) is 15.7. The number of tetrazole rings is 1. The molecule has 0 saturated heterocycles. The number of hydrogen-bond acceptors (Lipinski definition) is 5. The van der Waals surface area contributed by atoms with Crippen molar-refractivity contribution in [3.8, 4) is 5.69 Å². The monoisotopic (exact) mass is 359 g/mol. The van der Waals surface area contributed by atoms with Crippen LogP contribution in [-0.4, -0.2) is 37.9 Å². The lowest BCUT2D eigenvalue weighted by atomic mass is 9.78. The minimum Gasteiger partial charge on any atom is -0.352 e. The predicted octanol–water partition coefficient (Wildman–Crippen LogP) is 3.00. The molecule has 7 heteroatoms. The van der Waals surface area contributed by atoms with Crippen LogP contribution in [0.15, 0.2) is 29.4 Å². The molecule has 0 unspecified atom stereocenters. The van der Waals surface area contributed by atoms with Crippen LogP contribution in [0.4, 0.5) is 0 Å². The van der Waals surface area contributed by atoms with E-state index in [-0.39, 0.29) is 11.9 Å². The van der Waals surface area contributed by atoms with Crippen LogP contribution in [0.3, 0.4) is 0 Å². The molecule has 2 aromatic rings. The van der Waals surface area contributed by atoms with Gasteiger partial charge in [0.05, 0.1) is 11.4 Å². The molecular formula is C18H25N5OS. The van der Waals surface area contributed by atoms with Gasteiger partial charge in [0, 0.05) is 6.04 Å². The first-order valence-electron chi connectivity index (χ1n) is 8.83. The summed E-state index contributed by atoms with van der Waals surface area (Å²) in [5.74, 6) is 1.57. The van der Waals surface area contributed by atoms with Crippen LogP contribution < -0.4 is 5.32 Å². The van der Waals surface area contributed by atoms with E-state index in [1.807, 2.05) is 31.2 Å². The first kappa shape index (κ1) is 17.9. The van der Waals surface area contributed by atoms with Crippen molar-refractivity contribution in [3.63, 3.8) is 0 Å². The Morgan fingerprint density at radius 2 is 2.12 bits per heavy atom. The zero-order valence-corrected chi connectivity index (χ0v) is 15.8. The maximum absolute atomic E-state index is 12.4. The second-order valence-corrected chi connectivity index (χ2v) is 7.83. The summed E-state index contributed by atoms with van der Waals surface area (Å²) in [5.41, 5.74) is 2.02. The van der Waals surface area contributed by atoms with Gasteiger partial charge in [-0.25, -0.2) is 0 Å². The van der Waals surface area contributed by atoms with E-state index in [9.17, 15) is 4.79 Å². The van der Waals surface area contributed by atoms with Gasteiger partial charge in [-0.15, -0.1) is 5.10 Å². The Morgan fingerprint density at radius 3 is 2.92 bits per heavy atom. The van der Waals surface area contributed by atoms with Gasteiger partial charge in [0.2, 0.25) is 11.1 Å². The van der Waals surface area contributed by atoms with Crippen LogP contribution >= 0.6 is 11.8 Å². The van der Waals surface area contributed by atoms with Crippen molar-refractivity contribution in [2.75, 3.05) is 5.75 Å². The number of para-hydroxylation sites is 1. The van der Waals surface area contributed by atoms with Crippen LogP contribution in [0.1, 0.15) is 38.7 Å². The summed E-state index contributed by atoms with van der Waals surface area (Å²) < 4.78 is 1.69. The number of hydrogen-bond donors (Lipinski definition) is 1. The first-order valence-corrected chi connectivity index (χ1v) is 9.81. The SMILES string of the molecule is Cc1ccccc1-n1nnnc1SCC(=O)N[C@@H]1CCC[C@@H](C)[C@H]1C. The highest BCUT2D eigenvalue weighted by molar-refractivity contribution is 7.99. The van der Waals surface area contributed by atoms with Gasteiger partial charge in [-0.2, -0.15) is 4.68 Å². The second kappa shape index (κ2) is 7.99. The van der Waals surface area contributed by atoms with E-state index in [4.69, 9.17) is 0 Å². The standard InChI is InChI=1S/C18H25N5OS/c1-12-8-6-9-15(14(12)3)19-17(24)11-25-18-20-21-22-23(18)16-10-5-4-7-13(16)2/h4-5,7,10,12,14-15H,6,8-9,11H2,1-3H3,(H,19,24)/t12-,14-,15-/m1/s1. The van der Waals surface area contributed by atoms with Gasteiger partial charge < -0.3 is 5.32 Å². The lowest BCUT2D eigenvalue weighted by molar-refractivity contribution is -0.120. The van der Waals surface area contributed by atoms with Crippen LogP contribution in [0.2, 0.25) is 0 Å². The summed E-state index contributed by atoms with van der Waals surface area (Å²) in [6, 6.07) is 8.21. The second-order valence-electron chi connectivity index (χ2n) is 6.89. The number of thioether (sulfide) groups is 1. The summed E-state index contributed by atoms with van der Waals surface area (Å²) in [6.07, 6.45) is 3.52. The predicted molar refractivity (Wildman–Crippen MR) is 98.7 cm³/mol. The van der Waals surface area contributed by atoms with Gasteiger partial charge in [0.1, 0.15) is 0 Å². The first-order chi connectivity index (χ1) is 12.1. The number of aryl methyl sites for hydroxylation is 1. The number of benzene rings is 1. The molecule has 1 amide bonds. The van der Waals surface area contributed by atoms with Crippen molar-refractivity contribution in [1.29, 1.82) is 0 Å². The molecule has 0 bridgehead atoms. The largest absolute Gasteiger partial charge is 0.352 e. The molecule has 0 aliphatic heterocycles. The Bertz CT molecular complexity index is 732. The van der Waals surface area contributed by atoms with Crippen molar-refractivity contribution in [3.05, 3.63) is 29.8 Å². The fraction of sp³-hybridized carbons (Fsp3) is 0.556. The van der Waals surface area contributed by atoms with Gasteiger partial charge in [0.15, 0.2) is 0 Å². The maximum Gasteiger partial charge on any atom is 0.230 e. The molecule has 1 aliphatic rings. The molecule has 0 radical (unpaired) electrons. The summed E-state index contributed by atoms with van der Waals surface area (Å²) in [6.45, 7) is 6.53. The topological polar surface area (TPSA) is 72.7 Å². The molecule has 3 atom stereocenters. The maximum atomic E-state index is 12.4. The van der Waals surface area contributed by atoms with E-state index < -0.39 is 0 Å². The van der Waals surface area contributed by atoms with Crippen molar-refractivity contribution in [1.82, 2.24) is 25.5 Å². The van der Waals surface area contributed by atoms with Crippen molar-refractivity contribution < 1.29 is 4.79 Å². The van der Waals surface area contributed by atoms with Gasteiger partial charge >= 0.3 is 0 Å². The molecule has 0 spiro atoms.